The Morgan fingerprint density at radius 2 is 1.93 bits per heavy atom. The summed E-state index contributed by atoms with van der Waals surface area (Å²) in [6.45, 7) is 7.95. The van der Waals surface area contributed by atoms with Gasteiger partial charge < -0.3 is 9.84 Å². The molecular weight excluding hydrogens is 435 g/mol. The Kier molecular flexibility index (Phi) is 10.00. The van der Waals surface area contributed by atoms with E-state index in [1.54, 1.807) is 43.5 Å². The number of nitrogens with zero attached hydrogens (tertiary/aromatic N) is 3. The van der Waals surface area contributed by atoms with Crippen molar-refractivity contribution < 1.29 is 60.7 Å². The van der Waals surface area contributed by atoms with Crippen LogP contribution in [0.4, 0.5) is 5.69 Å². The van der Waals surface area contributed by atoms with E-state index in [-0.39, 0.29) is 62.7 Å². The number of anilines is 1. The molecule has 0 aliphatic heterocycles. The minimum atomic E-state index is -0.270. The third-order valence-corrected chi connectivity index (χ3v) is 3.77. The number of hydrogen-bond acceptors (Lipinski definition) is 5. The molecule has 3 rings (SSSR count). The molecule has 3 aromatic rings. The first kappa shape index (κ1) is 24.1. The van der Waals surface area contributed by atoms with Gasteiger partial charge in [-0.25, -0.2) is 15.1 Å². The maximum absolute atomic E-state index is 11.9. The van der Waals surface area contributed by atoms with Crippen LogP contribution in [0.2, 0.25) is 0 Å². The third kappa shape index (κ3) is 7.93. The largest absolute Gasteiger partial charge is 1.00 e. The molecule has 0 aliphatic rings. The van der Waals surface area contributed by atoms with E-state index in [0.29, 0.717) is 21.7 Å². The number of carbonyl (C=O) groups is 1. The molecule has 0 fully saturated rings. The van der Waals surface area contributed by atoms with Crippen molar-refractivity contribution in [3.05, 3.63) is 70.5 Å². The smallest absolute Gasteiger partial charge is 0.470 e. The van der Waals surface area contributed by atoms with Crippen molar-refractivity contribution in [1.29, 1.82) is 0 Å². The molecule has 27 heavy (non-hydrogen) atoms. The van der Waals surface area contributed by atoms with Crippen molar-refractivity contribution in [3.8, 4) is 0 Å². The Hall–Kier alpha value is -0.904. The standard InChI is InChI=1S/C12H9BrN3O.C7H10NO.K/c1-8-14-7-10(13)11(15-8)12(17)16-9-5-3-2-4-6-9;1-7(2,3)6-4-5-8-9-6;/h3-7H,1H3,(H,16,17);4H,1-3H3;/q2*-1;+1. The van der Waals surface area contributed by atoms with Crippen molar-refractivity contribution in [2.24, 2.45) is 0 Å². The molecule has 0 bridgehead atoms. The summed E-state index contributed by atoms with van der Waals surface area (Å²) < 4.78 is 5.46. The number of hydrogen-bond donors (Lipinski definition) is 1. The molecule has 0 saturated heterocycles. The quantitative estimate of drug-likeness (QED) is 0.468. The number of carbonyl (C=O) groups excluding carboxylic acids is 1. The molecule has 0 aliphatic carbocycles. The topological polar surface area (TPSA) is 80.9 Å². The predicted molar refractivity (Wildman–Crippen MR) is 102 cm³/mol. The van der Waals surface area contributed by atoms with Crippen LogP contribution >= 0.6 is 15.9 Å². The van der Waals surface area contributed by atoms with Gasteiger partial charge in [-0.3, -0.25) is 4.79 Å². The van der Waals surface area contributed by atoms with Crippen LogP contribution in [0.5, 0.6) is 0 Å². The van der Waals surface area contributed by atoms with E-state index in [1.807, 2.05) is 0 Å². The van der Waals surface area contributed by atoms with Gasteiger partial charge in [-0.1, -0.05) is 26.5 Å². The molecule has 1 aromatic carbocycles. The zero-order valence-electron chi connectivity index (χ0n) is 16.0. The average Bonchev–Trinajstić information content (AvgIpc) is 3.13. The summed E-state index contributed by atoms with van der Waals surface area (Å²) in [5, 5.41) is 6.24. The van der Waals surface area contributed by atoms with E-state index in [1.165, 1.54) is 0 Å². The average molecular weight is 454 g/mol. The molecule has 6 nitrogen and oxygen atoms in total. The molecule has 0 radical (unpaired) electrons. The number of nitrogens with one attached hydrogen (secondary N) is 1. The summed E-state index contributed by atoms with van der Waals surface area (Å²) in [4.78, 5) is 20.0. The van der Waals surface area contributed by atoms with Crippen molar-refractivity contribution >= 4 is 27.5 Å². The Morgan fingerprint density at radius 3 is 2.44 bits per heavy atom. The summed E-state index contributed by atoms with van der Waals surface area (Å²) in [7, 11) is 0. The fraction of sp³-hybridized carbons (Fsp3) is 0.263. The van der Waals surface area contributed by atoms with E-state index in [0.717, 1.165) is 5.76 Å². The molecule has 136 valence electrons. The number of aryl methyl sites for hydroxylation is 1. The van der Waals surface area contributed by atoms with Crippen LogP contribution in [-0.2, 0) is 5.41 Å². The van der Waals surface area contributed by atoms with Crippen molar-refractivity contribution in [2.45, 2.75) is 33.1 Å². The molecule has 0 unspecified atom stereocenters. The van der Waals surface area contributed by atoms with Crippen LogP contribution in [0.1, 0.15) is 42.8 Å². The first-order valence-corrected chi connectivity index (χ1v) is 8.66. The Balaban J connectivity index is 0.000000310. The molecule has 2 heterocycles. The first-order chi connectivity index (χ1) is 12.3. The zero-order valence-corrected chi connectivity index (χ0v) is 20.7. The van der Waals surface area contributed by atoms with Gasteiger partial charge in [-0.2, -0.15) is 24.3 Å². The van der Waals surface area contributed by atoms with E-state index >= 15 is 0 Å². The fourth-order valence-electron chi connectivity index (χ4n) is 1.82. The van der Waals surface area contributed by atoms with Crippen LogP contribution < -0.4 is 56.7 Å². The number of halogens is 1. The van der Waals surface area contributed by atoms with Crippen molar-refractivity contribution in [2.75, 3.05) is 5.32 Å². The maximum atomic E-state index is 11.9. The SMILES string of the molecule is CC(C)(C)c1c[c-]no1.Cc1ncc(Br)c(C(=O)Nc2cc[c-]cc2)n1.[K+]. The number of rotatable bonds is 2. The molecule has 1 N–H and O–H groups in total. The summed E-state index contributed by atoms with van der Waals surface area (Å²) in [6.07, 6.45) is 4.19. The number of amides is 1. The van der Waals surface area contributed by atoms with Crippen molar-refractivity contribution in [3.63, 3.8) is 0 Å². The van der Waals surface area contributed by atoms with E-state index in [9.17, 15) is 4.79 Å². The number of benzene rings is 1. The van der Waals surface area contributed by atoms with Crippen LogP contribution in [0, 0.1) is 19.2 Å². The van der Waals surface area contributed by atoms with Crippen LogP contribution in [0.3, 0.4) is 0 Å². The molecule has 1 amide bonds. The van der Waals surface area contributed by atoms with Gasteiger partial charge in [0.2, 0.25) is 0 Å². The summed E-state index contributed by atoms with van der Waals surface area (Å²) >= 11 is 3.25. The molecule has 0 spiro atoms. The summed E-state index contributed by atoms with van der Waals surface area (Å²) in [6, 6.07) is 11.6. The molecule has 0 saturated carbocycles. The Bertz CT molecular complexity index is 850. The minimum Gasteiger partial charge on any atom is -0.470 e. The van der Waals surface area contributed by atoms with Gasteiger partial charge in [-0.15, -0.1) is 18.3 Å². The maximum Gasteiger partial charge on any atom is 1.00 e. The van der Waals surface area contributed by atoms with Crippen LogP contribution in [0.25, 0.3) is 0 Å². The van der Waals surface area contributed by atoms with Gasteiger partial charge in [0.05, 0.1) is 4.47 Å². The number of aromatic nitrogens is 3. The van der Waals surface area contributed by atoms with Crippen LogP contribution in [0.15, 0.2) is 45.5 Å². The second-order valence-electron chi connectivity index (χ2n) is 6.43. The molecule has 2 aromatic heterocycles. The van der Waals surface area contributed by atoms with E-state index in [4.69, 9.17) is 4.52 Å². The van der Waals surface area contributed by atoms with Gasteiger partial charge in [0.15, 0.2) is 0 Å². The van der Waals surface area contributed by atoms with Crippen molar-refractivity contribution in [1.82, 2.24) is 15.1 Å². The summed E-state index contributed by atoms with van der Waals surface area (Å²) in [5.41, 5.74) is 1.09. The van der Waals surface area contributed by atoms with Gasteiger partial charge in [0.1, 0.15) is 11.5 Å². The zero-order chi connectivity index (χ0) is 19.2. The minimum absolute atomic E-state index is 0. The third-order valence-electron chi connectivity index (χ3n) is 3.19. The second-order valence-corrected chi connectivity index (χ2v) is 7.28. The molecular formula is C19H19BrKN4O2-. The normalized spacial score (nSPS) is 10.3. The van der Waals surface area contributed by atoms with Gasteiger partial charge >= 0.3 is 51.4 Å². The van der Waals surface area contributed by atoms with E-state index < -0.39 is 0 Å². The summed E-state index contributed by atoms with van der Waals surface area (Å²) in [5.74, 6) is 1.16. The molecule has 8 heteroatoms. The predicted octanol–water partition coefficient (Wildman–Crippen LogP) is 1.38. The van der Waals surface area contributed by atoms with E-state index in [2.05, 4.69) is 69.4 Å². The second kappa shape index (κ2) is 11.2. The van der Waals surface area contributed by atoms with Gasteiger partial charge in [0, 0.05) is 6.20 Å². The van der Waals surface area contributed by atoms with Crippen LogP contribution in [-0.4, -0.2) is 21.0 Å². The fourth-order valence-corrected chi connectivity index (χ4v) is 2.19. The Labute approximate surface area is 210 Å². The van der Waals surface area contributed by atoms with Gasteiger partial charge in [0.25, 0.3) is 5.91 Å². The monoisotopic (exact) mass is 453 g/mol. The van der Waals surface area contributed by atoms with Gasteiger partial charge in [-0.05, 0) is 34.0 Å². The Morgan fingerprint density at radius 1 is 1.26 bits per heavy atom. The molecule has 0 atom stereocenters. The first-order valence-electron chi connectivity index (χ1n) is 7.87.